The topological polar surface area (TPSA) is 32.5 Å². The van der Waals surface area contributed by atoms with Crippen molar-refractivity contribution in [1.29, 1.82) is 0 Å². The maximum absolute atomic E-state index is 13.6. The van der Waals surface area contributed by atoms with Crippen LogP contribution in [-0.4, -0.2) is 37.1 Å². The molecule has 2 N–H and O–H groups in total. The van der Waals surface area contributed by atoms with Crippen LogP contribution in [0, 0.1) is 5.82 Å². The van der Waals surface area contributed by atoms with Crippen molar-refractivity contribution in [2.75, 3.05) is 31.1 Å². The third-order valence-corrected chi connectivity index (χ3v) is 4.55. The first-order valence-electron chi connectivity index (χ1n) is 8.67. The van der Waals surface area contributed by atoms with Crippen LogP contribution in [0.15, 0.2) is 48.5 Å². The Morgan fingerprint density at radius 1 is 1.04 bits per heavy atom. The van der Waals surface area contributed by atoms with Crippen LogP contribution in [0.5, 0.6) is 0 Å². The Labute approximate surface area is 156 Å². The van der Waals surface area contributed by atoms with Crippen molar-refractivity contribution in [2.45, 2.75) is 25.9 Å². The van der Waals surface area contributed by atoms with Gasteiger partial charge in [-0.2, -0.15) is 0 Å². The van der Waals surface area contributed by atoms with Gasteiger partial charge in [0.25, 0.3) is 0 Å². The van der Waals surface area contributed by atoms with Gasteiger partial charge in [0.15, 0.2) is 0 Å². The minimum Gasteiger partial charge on any atom is -0.369 e. The second-order valence-corrected chi connectivity index (χ2v) is 6.70. The summed E-state index contributed by atoms with van der Waals surface area (Å²) in [6.07, 6.45) is 0.706. The number of nitrogens with zero attached hydrogens (tertiary/aromatic N) is 2. The second kappa shape index (κ2) is 9.18. The number of nitrogens with two attached hydrogens (primary N) is 1. The van der Waals surface area contributed by atoms with Gasteiger partial charge in [0.1, 0.15) is 5.82 Å². The number of hydrogen-bond donors (Lipinski definition) is 1. The molecule has 3 nitrogen and oxygen atoms in total. The molecule has 0 bridgehead atoms. The minimum atomic E-state index is -0.183. The zero-order valence-corrected chi connectivity index (χ0v) is 15.5. The number of piperazine rings is 1. The Hall–Kier alpha value is -1.62. The number of benzene rings is 2. The van der Waals surface area contributed by atoms with Crippen molar-refractivity contribution in [1.82, 2.24) is 4.90 Å². The van der Waals surface area contributed by atoms with E-state index in [1.54, 1.807) is 12.1 Å². The Kier molecular flexibility index (Phi) is 7.24. The molecule has 0 aliphatic carbocycles. The summed E-state index contributed by atoms with van der Waals surface area (Å²) in [4.78, 5) is 4.83. The maximum Gasteiger partial charge on any atom is 0.123 e. The Balaban J connectivity index is 0.00000225. The highest BCUT2D eigenvalue weighted by Gasteiger charge is 2.20. The molecule has 0 spiro atoms. The number of rotatable bonds is 5. The largest absolute Gasteiger partial charge is 0.369 e. The van der Waals surface area contributed by atoms with Crippen molar-refractivity contribution >= 4 is 18.1 Å². The summed E-state index contributed by atoms with van der Waals surface area (Å²) in [5, 5.41) is 0. The summed E-state index contributed by atoms with van der Waals surface area (Å²) in [5.41, 5.74) is 9.43. The molecular formula is C20H27ClFN3. The van der Waals surface area contributed by atoms with Crippen molar-refractivity contribution in [3.63, 3.8) is 0 Å². The Morgan fingerprint density at radius 3 is 2.36 bits per heavy atom. The van der Waals surface area contributed by atoms with Crippen LogP contribution in [0.25, 0.3) is 0 Å². The standard InChI is InChI=1S/C20H26FN3.ClH/c1-16(22)13-18-14-19(21)7-8-20(18)24-11-9-23(10-12-24)15-17-5-3-2-4-6-17;/h2-8,14,16H,9-13,15,22H2,1H3;1H. The van der Waals surface area contributed by atoms with E-state index >= 15 is 0 Å². The smallest absolute Gasteiger partial charge is 0.123 e. The highest BCUT2D eigenvalue weighted by molar-refractivity contribution is 5.85. The van der Waals surface area contributed by atoms with Gasteiger partial charge in [-0.25, -0.2) is 4.39 Å². The van der Waals surface area contributed by atoms with Crippen molar-refractivity contribution < 1.29 is 4.39 Å². The fourth-order valence-corrected chi connectivity index (χ4v) is 3.36. The summed E-state index contributed by atoms with van der Waals surface area (Å²) in [7, 11) is 0. The van der Waals surface area contributed by atoms with E-state index < -0.39 is 0 Å². The van der Waals surface area contributed by atoms with Gasteiger partial charge in [-0.1, -0.05) is 30.3 Å². The van der Waals surface area contributed by atoms with Gasteiger partial charge >= 0.3 is 0 Å². The first kappa shape index (κ1) is 19.7. The average Bonchev–Trinajstić information content (AvgIpc) is 2.56. The van der Waals surface area contributed by atoms with E-state index in [-0.39, 0.29) is 24.3 Å². The molecule has 1 aliphatic heterocycles. The number of anilines is 1. The van der Waals surface area contributed by atoms with Crippen LogP contribution in [0.4, 0.5) is 10.1 Å². The lowest BCUT2D eigenvalue weighted by Crippen LogP contribution is -2.46. The predicted octanol–water partition coefficient (Wildman–Crippen LogP) is 3.46. The molecule has 1 atom stereocenters. The Bertz CT molecular complexity index is 655. The van der Waals surface area contributed by atoms with Crippen LogP contribution in [0.3, 0.4) is 0 Å². The lowest BCUT2D eigenvalue weighted by Gasteiger charge is -2.37. The van der Waals surface area contributed by atoms with Crippen LogP contribution in [-0.2, 0) is 13.0 Å². The normalized spacial score (nSPS) is 16.4. The number of hydrogen-bond acceptors (Lipinski definition) is 3. The Morgan fingerprint density at radius 2 is 1.72 bits per heavy atom. The van der Waals surface area contributed by atoms with Gasteiger partial charge in [0, 0.05) is 44.5 Å². The summed E-state index contributed by atoms with van der Waals surface area (Å²) in [5.74, 6) is -0.183. The molecule has 0 aromatic heterocycles. The van der Waals surface area contributed by atoms with E-state index in [1.807, 2.05) is 13.0 Å². The molecule has 0 radical (unpaired) electrons. The second-order valence-electron chi connectivity index (χ2n) is 6.70. The van der Waals surface area contributed by atoms with Gasteiger partial charge in [-0.05, 0) is 42.7 Å². The van der Waals surface area contributed by atoms with Crippen LogP contribution >= 0.6 is 12.4 Å². The molecule has 5 heteroatoms. The van der Waals surface area contributed by atoms with Gasteiger partial charge in [-0.15, -0.1) is 12.4 Å². The third kappa shape index (κ3) is 5.43. The van der Waals surface area contributed by atoms with Crippen molar-refractivity contribution in [2.24, 2.45) is 5.73 Å². The van der Waals surface area contributed by atoms with Gasteiger partial charge in [-0.3, -0.25) is 4.90 Å². The molecule has 1 aliphatic rings. The SMILES string of the molecule is CC(N)Cc1cc(F)ccc1N1CCN(Cc2ccccc2)CC1.Cl. The fraction of sp³-hybridized carbons (Fsp3) is 0.400. The first-order chi connectivity index (χ1) is 11.6. The summed E-state index contributed by atoms with van der Waals surface area (Å²) >= 11 is 0. The molecule has 3 rings (SSSR count). The minimum absolute atomic E-state index is 0. The quantitative estimate of drug-likeness (QED) is 0.883. The zero-order valence-electron chi connectivity index (χ0n) is 14.7. The molecule has 1 heterocycles. The highest BCUT2D eigenvalue weighted by atomic mass is 35.5. The lowest BCUT2D eigenvalue weighted by molar-refractivity contribution is 0.249. The van der Waals surface area contributed by atoms with Crippen molar-refractivity contribution in [3.05, 3.63) is 65.5 Å². The molecule has 25 heavy (non-hydrogen) atoms. The molecule has 1 fully saturated rings. The van der Waals surface area contributed by atoms with E-state index in [0.29, 0.717) is 6.42 Å². The first-order valence-corrected chi connectivity index (χ1v) is 8.67. The number of halogens is 2. The zero-order chi connectivity index (χ0) is 16.9. The predicted molar refractivity (Wildman–Crippen MR) is 105 cm³/mol. The highest BCUT2D eigenvalue weighted by Crippen LogP contribution is 2.24. The summed E-state index contributed by atoms with van der Waals surface area (Å²) in [6, 6.07) is 15.7. The van der Waals surface area contributed by atoms with E-state index in [0.717, 1.165) is 44.0 Å². The van der Waals surface area contributed by atoms with E-state index in [2.05, 4.69) is 40.1 Å². The summed E-state index contributed by atoms with van der Waals surface area (Å²) in [6.45, 7) is 6.92. The average molecular weight is 364 g/mol. The van der Waals surface area contributed by atoms with Crippen molar-refractivity contribution in [3.8, 4) is 0 Å². The van der Waals surface area contributed by atoms with Gasteiger partial charge in [0.05, 0.1) is 0 Å². The van der Waals surface area contributed by atoms with E-state index in [9.17, 15) is 4.39 Å². The molecule has 0 saturated carbocycles. The molecule has 2 aromatic rings. The molecule has 1 unspecified atom stereocenters. The lowest BCUT2D eigenvalue weighted by atomic mass is 10.0. The van der Waals surface area contributed by atoms with Crippen LogP contribution in [0.2, 0.25) is 0 Å². The molecular weight excluding hydrogens is 337 g/mol. The third-order valence-electron chi connectivity index (χ3n) is 4.55. The fourth-order valence-electron chi connectivity index (χ4n) is 3.36. The van der Waals surface area contributed by atoms with E-state index in [1.165, 1.54) is 5.56 Å². The van der Waals surface area contributed by atoms with Crippen LogP contribution in [0.1, 0.15) is 18.1 Å². The molecule has 136 valence electrons. The van der Waals surface area contributed by atoms with Crippen LogP contribution < -0.4 is 10.6 Å². The molecule has 2 aromatic carbocycles. The monoisotopic (exact) mass is 363 g/mol. The molecule has 0 amide bonds. The van der Waals surface area contributed by atoms with Gasteiger partial charge in [0.2, 0.25) is 0 Å². The summed E-state index contributed by atoms with van der Waals surface area (Å²) < 4.78 is 13.6. The maximum atomic E-state index is 13.6. The molecule has 1 saturated heterocycles. The van der Waals surface area contributed by atoms with E-state index in [4.69, 9.17) is 5.73 Å². The van der Waals surface area contributed by atoms with Gasteiger partial charge < -0.3 is 10.6 Å².